The van der Waals surface area contributed by atoms with Gasteiger partial charge in [0.1, 0.15) is 11.6 Å². The first-order valence-corrected chi connectivity index (χ1v) is 7.20. The van der Waals surface area contributed by atoms with Crippen molar-refractivity contribution in [2.24, 2.45) is 5.92 Å². The average molecular weight is 284 g/mol. The smallest absolute Gasteiger partial charge is 0.167 e. The molecule has 0 N–H and O–H groups in total. The standard InChI is InChI=1S/C17H17FN2O/c18-15-8-9-16(19-11-15)20-10-4-7-14(12-20)17(21)13-5-2-1-3-6-13/h1-3,5-6,8-9,11,14H,4,7,10,12H2/t14-/m1/s1. The molecule has 1 atom stereocenters. The van der Waals surface area contributed by atoms with Crippen molar-refractivity contribution >= 4 is 11.6 Å². The molecule has 1 aromatic heterocycles. The number of hydrogen-bond donors (Lipinski definition) is 0. The highest BCUT2D eigenvalue weighted by atomic mass is 19.1. The maximum Gasteiger partial charge on any atom is 0.167 e. The number of carbonyl (C=O) groups excluding carboxylic acids is 1. The van der Waals surface area contributed by atoms with E-state index in [-0.39, 0.29) is 17.5 Å². The quantitative estimate of drug-likeness (QED) is 0.811. The lowest BCUT2D eigenvalue weighted by molar-refractivity contribution is 0.0907. The summed E-state index contributed by atoms with van der Waals surface area (Å²) in [6.07, 6.45) is 3.06. The van der Waals surface area contributed by atoms with Gasteiger partial charge in [0, 0.05) is 24.6 Å². The van der Waals surface area contributed by atoms with Gasteiger partial charge in [-0.2, -0.15) is 0 Å². The Balaban J connectivity index is 1.74. The molecule has 3 nitrogen and oxygen atoms in total. The first-order valence-electron chi connectivity index (χ1n) is 7.20. The summed E-state index contributed by atoms with van der Waals surface area (Å²) in [5.41, 5.74) is 0.761. The van der Waals surface area contributed by atoms with Gasteiger partial charge in [-0.3, -0.25) is 4.79 Å². The molecule has 1 aliphatic heterocycles. The van der Waals surface area contributed by atoms with Gasteiger partial charge >= 0.3 is 0 Å². The van der Waals surface area contributed by atoms with Crippen molar-refractivity contribution in [3.8, 4) is 0 Å². The van der Waals surface area contributed by atoms with Crippen LogP contribution in [-0.4, -0.2) is 23.9 Å². The highest BCUT2D eigenvalue weighted by Crippen LogP contribution is 2.24. The van der Waals surface area contributed by atoms with Crippen molar-refractivity contribution in [3.63, 3.8) is 0 Å². The lowest BCUT2D eigenvalue weighted by Crippen LogP contribution is -2.39. The Morgan fingerprint density at radius 1 is 1.19 bits per heavy atom. The Labute approximate surface area is 123 Å². The van der Waals surface area contributed by atoms with Crippen LogP contribution in [0.15, 0.2) is 48.7 Å². The summed E-state index contributed by atoms with van der Waals surface area (Å²) in [4.78, 5) is 18.7. The highest BCUT2D eigenvalue weighted by Gasteiger charge is 2.27. The van der Waals surface area contributed by atoms with Crippen LogP contribution < -0.4 is 4.90 Å². The average Bonchev–Trinajstić information content (AvgIpc) is 2.56. The molecule has 0 bridgehead atoms. The Morgan fingerprint density at radius 2 is 2.00 bits per heavy atom. The van der Waals surface area contributed by atoms with Crippen molar-refractivity contribution in [1.29, 1.82) is 0 Å². The maximum absolute atomic E-state index is 12.9. The van der Waals surface area contributed by atoms with Crippen molar-refractivity contribution in [3.05, 3.63) is 60.0 Å². The second kappa shape index (κ2) is 6.04. The van der Waals surface area contributed by atoms with Crippen LogP contribution >= 0.6 is 0 Å². The molecule has 0 amide bonds. The van der Waals surface area contributed by atoms with Crippen LogP contribution in [0.5, 0.6) is 0 Å². The van der Waals surface area contributed by atoms with Gasteiger partial charge in [0.15, 0.2) is 5.78 Å². The third-order valence-corrected chi connectivity index (χ3v) is 3.89. The van der Waals surface area contributed by atoms with E-state index in [9.17, 15) is 9.18 Å². The fourth-order valence-corrected chi connectivity index (χ4v) is 2.79. The number of pyridine rings is 1. The minimum atomic E-state index is -0.340. The molecule has 108 valence electrons. The fourth-order valence-electron chi connectivity index (χ4n) is 2.79. The predicted octanol–water partition coefficient (Wildman–Crippen LogP) is 3.32. The Bertz CT molecular complexity index is 612. The summed E-state index contributed by atoms with van der Waals surface area (Å²) < 4.78 is 12.9. The summed E-state index contributed by atoms with van der Waals surface area (Å²) >= 11 is 0. The lowest BCUT2D eigenvalue weighted by Gasteiger charge is -2.32. The third kappa shape index (κ3) is 3.10. The van der Waals surface area contributed by atoms with Gasteiger partial charge in [0.05, 0.1) is 6.20 Å². The predicted molar refractivity (Wildman–Crippen MR) is 79.9 cm³/mol. The van der Waals surface area contributed by atoms with Crippen molar-refractivity contribution in [2.75, 3.05) is 18.0 Å². The number of piperidine rings is 1. The Morgan fingerprint density at radius 3 is 2.71 bits per heavy atom. The summed E-state index contributed by atoms with van der Waals surface area (Å²) in [6.45, 7) is 1.50. The lowest BCUT2D eigenvalue weighted by atomic mass is 9.90. The summed E-state index contributed by atoms with van der Waals surface area (Å²) in [7, 11) is 0. The van der Waals surface area contributed by atoms with Crippen LogP contribution in [0.3, 0.4) is 0 Å². The number of hydrogen-bond acceptors (Lipinski definition) is 3. The van der Waals surface area contributed by atoms with Crippen molar-refractivity contribution in [2.45, 2.75) is 12.8 Å². The monoisotopic (exact) mass is 284 g/mol. The van der Waals surface area contributed by atoms with Crippen LogP contribution in [0.25, 0.3) is 0 Å². The van der Waals surface area contributed by atoms with Gasteiger partial charge in [-0.05, 0) is 25.0 Å². The molecule has 3 rings (SSSR count). The number of anilines is 1. The molecule has 1 saturated heterocycles. The molecular weight excluding hydrogens is 267 g/mol. The van der Waals surface area contributed by atoms with Crippen LogP contribution in [-0.2, 0) is 0 Å². The number of halogens is 1. The SMILES string of the molecule is O=C(c1ccccc1)[C@@H]1CCCN(c2ccc(F)cn2)C1. The molecule has 4 heteroatoms. The largest absolute Gasteiger partial charge is 0.356 e. The molecule has 2 aromatic rings. The van der Waals surface area contributed by atoms with Gasteiger partial charge in [0.2, 0.25) is 0 Å². The molecule has 0 saturated carbocycles. The summed E-state index contributed by atoms with van der Waals surface area (Å²) in [6, 6.07) is 12.5. The first-order chi connectivity index (χ1) is 10.2. The second-order valence-corrected chi connectivity index (χ2v) is 5.35. The number of nitrogens with zero attached hydrogens (tertiary/aromatic N) is 2. The van der Waals surface area contributed by atoms with Crippen LogP contribution in [0.4, 0.5) is 10.2 Å². The Hall–Kier alpha value is -2.23. The molecule has 0 unspecified atom stereocenters. The van der Waals surface area contributed by atoms with E-state index in [4.69, 9.17) is 0 Å². The van der Waals surface area contributed by atoms with Gasteiger partial charge in [-0.1, -0.05) is 30.3 Å². The number of Topliss-reactive ketones (excluding diaryl/α,β-unsaturated/α-hetero) is 1. The van der Waals surface area contributed by atoms with E-state index < -0.39 is 0 Å². The second-order valence-electron chi connectivity index (χ2n) is 5.35. The summed E-state index contributed by atoms with van der Waals surface area (Å²) in [5.74, 6) is 0.560. The third-order valence-electron chi connectivity index (χ3n) is 3.89. The number of benzene rings is 1. The highest BCUT2D eigenvalue weighted by molar-refractivity contribution is 5.98. The maximum atomic E-state index is 12.9. The number of rotatable bonds is 3. The van der Waals surface area contributed by atoms with Gasteiger partial charge in [-0.25, -0.2) is 9.37 Å². The fraction of sp³-hybridized carbons (Fsp3) is 0.294. The van der Waals surface area contributed by atoms with E-state index in [0.717, 1.165) is 30.8 Å². The Kier molecular flexibility index (Phi) is 3.95. The number of aromatic nitrogens is 1. The van der Waals surface area contributed by atoms with Gasteiger partial charge < -0.3 is 4.90 Å². The number of ketones is 1. The van der Waals surface area contributed by atoms with Gasteiger partial charge in [-0.15, -0.1) is 0 Å². The van der Waals surface area contributed by atoms with Gasteiger partial charge in [0.25, 0.3) is 0 Å². The molecule has 0 radical (unpaired) electrons. The zero-order valence-corrected chi connectivity index (χ0v) is 11.7. The first kappa shape index (κ1) is 13.7. The molecular formula is C17H17FN2O. The minimum Gasteiger partial charge on any atom is -0.356 e. The molecule has 21 heavy (non-hydrogen) atoms. The van der Waals surface area contributed by atoms with E-state index in [1.54, 1.807) is 6.07 Å². The molecule has 1 aliphatic rings. The molecule has 0 spiro atoms. The molecule has 0 aliphatic carbocycles. The molecule has 1 aromatic carbocycles. The molecule has 2 heterocycles. The van der Waals surface area contributed by atoms with E-state index in [2.05, 4.69) is 9.88 Å². The number of carbonyl (C=O) groups is 1. The zero-order valence-electron chi connectivity index (χ0n) is 11.7. The minimum absolute atomic E-state index is 0.0204. The van der Waals surface area contributed by atoms with Crippen LogP contribution in [0.2, 0.25) is 0 Å². The van der Waals surface area contributed by atoms with Crippen molar-refractivity contribution < 1.29 is 9.18 Å². The van der Waals surface area contributed by atoms with E-state index >= 15 is 0 Å². The van der Waals surface area contributed by atoms with Crippen LogP contribution in [0.1, 0.15) is 23.2 Å². The van der Waals surface area contributed by atoms with Crippen molar-refractivity contribution in [1.82, 2.24) is 4.98 Å². The normalized spacial score (nSPS) is 18.5. The van der Waals surface area contributed by atoms with E-state index in [1.807, 2.05) is 30.3 Å². The van der Waals surface area contributed by atoms with Crippen LogP contribution in [0, 0.1) is 11.7 Å². The van der Waals surface area contributed by atoms with E-state index in [0.29, 0.717) is 6.54 Å². The zero-order chi connectivity index (χ0) is 14.7. The summed E-state index contributed by atoms with van der Waals surface area (Å²) in [5, 5.41) is 0. The molecule has 1 fully saturated rings. The topological polar surface area (TPSA) is 33.2 Å². The van der Waals surface area contributed by atoms with E-state index in [1.165, 1.54) is 12.3 Å².